The molecule has 18 heavy (non-hydrogen) atoms. The van der Waals surface area contributed by atoms with Gasteiger partial charge in [-0.2, -0.15) is 0 Å². The SMILES string of the molecule is CNC(=O)C(C)NC(=O)c1cc(Br)cc(N)c1C. The van der Waals surface area contributed by atoms with Gasteiger partial charge in [0, 0.05) is 22.8 Å². The van der Waals surface area contributed by atoms with Gasteiger partial charge < -0.3 is 16.4 Å². The normalized spacial score (nSPS) is 11.8. The lowest BCUT2D eigenvalue weighted by atomic mass is 10.1. The number of hydrogen-bond acceptors (Lipinski definition) is 3. The van der Waals surface area contributed by atoms with Crippen LogP contribution < -0.4 is 16.4 Å². The summed E-state index contributed by atoms with van der Waals surface area (Å²) >= 11 is 3.28. The van der Waals surface area contributed by atoms with Crippen LogP contribution in [0.2, 0.25) is 0 Å². The van der Waals surface area contributed by atoms with Crippen LogP contribution in [0.25, 0.3) is 0 Å². The van der Waals surface area contributed by atoms with E-state index in [0.29, 0.717) is 16.8 Å². The quantitative estimate of drug-likeness (QED) is 0.733. The number of halogens is 1. The molecule has 0 aliphatic carbocycles. The zero-order chi connectivity index (χ0) is 13.9. The zero-order valence-electron chi connectivity index (χ0n) is 10.5. The van der Waals surface area contributed by atoms with Gasteiger partial charge in [0.15, 0.2) is 0 Å². The van der Waals surface area contributed by atoms with Crippen LogP contribution in [0.15, 0.2) is 16.6 Å². The summed E-state index contributed by atoms with van der Waals surface area (Å²) in [6.07, 6.45) is 0. The summed E-state index contributed by atoms with van der Waals surface area (Å²) in [4.78, 5) is 23.4. The summed E-state index contributed by atoms with van der Waals surface area (Å²) < 4.78 is 0.725. The summed E-state index contributed by atoms with van der Waals surface area (Å²) in [5.41, 5.74) is 7.47. The van der Waals surface area contributed by atoms with Crippen LogP contribution in [-0.4, -0.2) is 24.9 Å². The van der Waals surface area contributed by atoms with Crippen molar-refractivity contribution in [1.29, 1.82) is 0 Å². The molecule has 2 amide bonds. The van der Waals surface area contributed by atoms with E-state index >= 15 is 0 Å². The second-order valence-electron chi connectivity index (χ2n) is 3.98. The van der Waals surface area contributed by atoms with Crippen LogP contribution >= 0.6 is 15.9 Å². The Morgan fingerprint density at radius 3 is 2.56 bits per heavy atom. The highest BCUT2D eigenvalue weighted by atomic mass is 79.9. The molecule has 0 radical (unpaired) electrons. The number of benzene rings is 1. The minimum atomic E-state index is -0.595. The summed E-state index contributed by atoms with van der Waals surface area (Å²) in [5.74, 6) is -0.569. The van der Waals surface area contributed by atoms with Gasteiger partial charge in [-0.3, -0.25) is 9.59 Å². The monoisotopic (exact) mass is 313 g/mol. The van der Waals surface area contributed by atoms with Gasteiger partial charge in [-0.25, -0.2) is 0 Å². The molecule has 0 aliphatic heterocycles. The number of anilines is 1. The number of likely N-dealkylation sites (N-methyl/N-ethyl adjacent to an activating group) is 1. The van der Waals surface area contributed by atoms with Crippen molar-refractivity contribution in [2.45, 2.75) is 19.9 Å². The van der Waals surface area contributed by atoms with Crippen LogP contribution in [0.4, 0.5) is 5.69 Å². The van der Waals surface area contributed by atoms with Gasteiger partial charge in [0.05, 0.1) is 0 Å². The highest BCUT2D eigenvalue weighted by Crippen LogP contribution is 2.22. The first kappa shape index (κ1) is 14.5. The van der Waals surface area contributed by atoms with E-state index in [0.717, 1.165) is 4.47 Å². The average molecular weight is 314 g/mol. The van der Waals surface area contributed by atoms with Gasteiger partial charge >= 0.3 is 0 Å². The molecule has 0 aromatic heterocycles. The maximum atomic E-state index is 12.0. The van der Waals surface area contributed by atoms with Gasteiger partial charge in [-0.05, 0) is 31.5 Å². The van der Waals surface area contributed by atoms with Crippen molar-refractivity contribution in [1.82, 2.24) is 10.6 Å². The number of carbonyl (C=O) groups excluding carboxylic acids is 2. The standard InChI is InChI=1S/C12H16BrN3O2/c1-6-9(4-8(13)5-10(6)14)12(18)16-7(2)11(17)15-3/h4-5,7H,14H2,1-3H3,(H,15,17)(H,16,18). The van der Waals surface area contributed by atoms with E-state index in [9.17, 15) is 9.59 Å². The molecular formula is C12H16BrN3O2. The van der Waals surface area contributed by atoms with Gasteiger partial charge in [-0.1, -0.05) is 15.9 Å². The van der Waals surface area contributed by atoms with E-state index in [1.807, 2.05) is 0 Å². The molecule has 0 spiro atoms. The third-order valence-electron chi connectivity index (χ3n) is 2.64. The molecule has 1 aromatic carbocycles. The molecule has 98 valence electrons. The Bertz CT molecular complexity index is 488. The summed E-state index contributed by atoms with van der Waals surface area (Å²) in [7, 11) is 1.52. The van der Waals surface area contributed by atoms with Crippen molar-refractivity contribution in [3.63, 3.8) is 0 Å². The Labute approximate surface area is 114 Å². The number of hydrogen-bond donors (Lipinski definition) is 3. The number of carbonyl (C=O) groups is 2. The fourth-order valence-corrected chi connectivity index (χ4v) is 1.97. The molecule has 1 aromatic rings. The molecule has 0 aliphatic rings. The Morgan fingerprint density at radius 1 is 1.39 bits per heavy atom. The average Bonchev–Trinajstić information content (AvgIpc) is 2.32. The number of nitrogens with two attached hydrogens (primary N) is 1. The third kappa shape index (κ3) is 3.22. The van der Waals surface area contributed by atoms with Gasteiger partial charge in [0.25, 0.3) is 5.91 Å². The molecule has 5 nitrogen and oxygen atoms in total. The van der Waals surface area contributed by atoms with Gasteiger partial charge in [0.2, 0.25) is 5.91 Å². The Balaban J connectivity index is 2.95. The van der Waals surface area contributed by atoms with Crippen LogP contribution in [0.3, 0.4) is 0 Å². The van der Waals surface area contributed by atoms with Crippen molar-refractivity contribution in [2.24, 2.45) is 0 Å². The van der Waals surface area contributed by atoms with E-state index in [1.165, 1.54) is 7.05 Å². The minimum absolute atomic E-state index is 0.246. The first-order chi connectivity index (χ1) is 8.36. The highest BCUT2D eigenvalue weighted by Gasteiger charge is 2.17. The lowest BCUT2D eigenvalue weighted by Gasteiger charge is -2.14. The first-order valence-electron chi connectivity index (χ1n) is 5.45. The molecule has 6 heteroatoms. The summed E-state index contributed by atoms with van der Waals surface area (Å²) in [6.45, 7) is 3.38. The fraction of sp³-hybridized carbons (Fsp3) is 0.333. The van der Waals surface area contributed by atoms with Crippen molar-refractivity contribution >= 4 is 33.4 Å². The Kier molecular flexibility index (Phi) is 4.72. The van der Waals surface area contributed by atoms with Crippen molar-refractivity contribution in [3.8, 4) is 0 Å². The molecular weight excluding hydrogens is 298 g/mol. The first-order valence-corrected chi connectivity index (χ1v) is 6.24. The lowest BCUT2D eigenvalue weighted by molar-refractivity contribution is -0.122. The molecule has 0 saturated carbocycles. The number of amides is 2. The molecule has 4 N–H and O–H groups in total. The predicted octanol–water partition coefficient (Wildman–Crippen LogP) is 1.20. The summed E-state index contributed by atoms with van der Waals surface area (Å²) in [6, 6.07) is 2.81. The Hall–Kier alpha value is -1.56. The van der Waals surface area contributed by atoms with Crippen LogP contribution in [0, 0.1) is 6.92 Å². The second kappa shape index (κ2) is 5.86. The fourth-order valence-electron chi connectivity index (χ4n) is 1.49. The van der Waals surface area contributed by atoms with E-state index < -0.39 is 6.04 Å². The predicted molar refractivity (Wildman–Crippen MR) is 74.3 cm³/mol. The van der Waals surface area contributed by atoms with Crippen LogP contribution in [0.1, 0.15) is 22.8 Å². The van der Waals surface area contributed by atoms with Crippen LogP contribution in [0.5, 0.6) is 0 Å². The van der Waals surface area contributed by atoms with E-state index in [4.69, 9.17) is 5.73 Å². The maximum absolute atomic E-state index is 12.0. The number of rotatable bonds is 3. The zero-order valence-corrected chi connectivity index (χ0v) is 12.1. The van der Waals surface area contributed by atoms with Crippen molar-refractivity contribution in [3.05, 3.63) is 27.7 Å². The topological polar surface area (TPSA) is 84.2 Å². The van der Waals surface area contributed by atoms with Crippen molar-refractivity contribution in [2.75, 3.05) is 12.8 Å². The molecule has 0 saturated heterocycles. The van der Waals surface area contributed by atoms with Gasteiger partial charge in [-0.15, -0.1) is 0 Å². The third-order valence-corrected chi connectivity index (χ3v) is 3.10. The largest absolute Gasteiger partial charge is 0.398 e. The Morgan fingerprint density at radius 2 is 2.00 bits per heavy atom. The van der Waals surface area contributed by atoms with Crippen molar-refractivity contribution < 1.29 is 9.59 Å². The number of nitrogen functional groups attached to an aromatic ring is 1. The molecule has 1 rings (SSSR count). The summed E-state index contributed by atoms with van der Waals surface area (Å²) in [5, 5.41) is 5.09. The lowest BCUT2D eigenvalue weighted by Crippen LogP contribution is -2.43. The molecule has 0 bridgehead atoms. The minimum Gasteiger partial charge on any atom is -0.398 e. The molecule has 0 fully saturated rings. The van der Waals surface area contributed by atoms with E-state index in [1.54, 1.807) is 26.0 Å². The second-order valence-corrected chi connectivity index (χ2v) is 4.89. The van der Waals surface area contributed by atoms with E-state index in [-0.39, 0.29) is 11.8 Å². The molecule has 1 unspecified atom stereocenters. The smallest absolute Gasteiger partial charge is 0.252 e. The maximum Gasteiger partial charge on any atom is 0.252 e. The van der Waals surface area contributed by atoms with E-state index in [2.05, 4.69) is 26.6 Å². The van der Waals surface area contributed by atoms with Gasteiger partial charge in [0.1, 0.15) is 6.04 Å². The number of nitrogens with one attached hydrogen (secondary N) is 2. The highest BCUT2D eigenvalue weighted by molar-refractivity contribution is 9.10. The molecule has 1 atom stereocenters. The van der Waals surface area contributed by atoms with Crippen LogP contribution in [-0.2, 0) is 4.79 Å². The molecule has 0 heterocycles.